The fourth-order valence-corrected chi connectivity index (χ4v) is 3.51. The zero-order valence-corrected chi connectivity index (χ0v) is 13.6. The predicted molar refractivity (Wildman–Crippen MR) is 90.8 cm³/mol. The number of β-amino-alcohol motifs (C(OH)–C–C–N with tert-alkyl or cyclic N) is 1. The molecule has 1 aliphatic heterocycles. The number of nitrogens with zero attached hydrogens (tertiary/aromatic N) is 2. The summed E-state index contributed by atoms with van der Waals surface area (Å²) >= 11 is 0. The van der Waals surface area contributed by atoms with E-state index in [0.717, 1.165) is 29.4 Å². The Kier molecular flexibility index (Phi) is 3.98. The molecule has 0 radical (unpaired) electrons. The molecule has 0 unspecified atom stereocenters. The van der Waals surface area contributed by atoms with Gasteiger partial charge in [-0.15, -0.1) is 0 Å². The van der Waals surface area contributed by atoms with Crippen molar-refractivity contribution in [2.24, 2.45) is 5.92 Å². The molecule has 1 saturated heterocycles. The monoisotopic (exact) mass is 326 g/mol. The first-order valence-electron chi connectivity index (χ1n) is 8.65. The Hall–Kier alpha value is -1.98. The van der Waals surface area contributed by atoms with Crippen molar-refractivity contribution in [3.8, 4) is 0 Å². The van der Waals surface area contributed by atoms with Crippen LogP contribution in [0, 0.1) is 5.92 Å². The summed E-state index contributed by atoms with van der Waals surface area (Å²) in [6, 6.07) is 9.68. The van der Waals surface area contributed by atoms with Gasteiger partial charge in [-0.05, 0) is 31.4 Å². The van der Waals surface area contributed by atoms with Crippen molar-refractivity contribution in [1.82, 2.24) is 9.88 Å². The Labute approximate surface area is 140 Å². The van der Waals surface area contributed by atoms with Crippen LogP contribution >= 0.6 is 0 Å². The molecule has 2 heterocycles. The third-order valence-electron chi connectivity index (χ3n) is 5.21. The number of aliphatic hydroxyl groups is 2. The lowest BCUT2D eigenvalue weighted by molar-refractivity contribution is 0.000945. The largest absolute Gasteiger partial charge is 0.396 e. The normalized spacial score (nSPS) is 24.3. The number of hydrogen-bond acceptors (Lipinski definition) is 4. The number of rotatable bonds is 3. The second-order valence-electron chi connectivity index (χ2n) is 6.94. The van der Waals surface area contributed by atoms with Crippen LogP contribution in [-0.2, 0) is 0 Å². The number of carbonyl (C=O) groups excluding carboxylic acids is 1. The lowest BCUT2D eigenvalue weighted by Gasteiger charge is -2.35. The molecule has 1 aromatic heterocycles. The van der Waals surface area contributed by atoms with Gasteiger partial charge in [-0.2, -0.15) is 0 Å². The van der Waals surface area contributed by atoms with Crippen LogP contribution in [0.4, 0.5) is 0 Å². The van der Waals surface area contributed by atoms with Crippen LogP contribution in [0.3, 0.4) is 0 Å². The standard InChI is InChI=1S/C19H22N2O3/c22-11-13-7-8-21(10-18(13)23)19(24)15-9-17(12-5-6-12)20-16-4-2-1-3-14(15)16/h1-4,9,12-13,18,22-23H,5-8,10-11H2/t13-,18-/m1/s1. The number of fused-ring (bicyclic) bond motifs is 1. The highest BCUT2D eigenvalue weighted by molar-refractivity contribution is 6.06. The average molecular weight is 326 g/mol. The Morgan fingerprint density at radius 1 is 1.25 bits per heavy atom. The first-order valence-corrected chi connectivity index (χ1v) is 8.65. The van der Waals surface area contributed by atoms with Crippen LogP contribution in [0.15, 0.2) is 30.3 Å². The van der Waals surface area contributed by atoms with Gasteiger partial charge in [0.05, 0.1) is 17.2 Å². The average Bonchev–Trinajstić information content (AvgIpc) is 3.45. The zero-order valence-electron chi connectivity index (χ0n) is 13.6. The Morgan fingerprint density at radius 3 is 2.75 bits per heavy atom. The van der Waals surface area contributed by atoms with Gasteiger partial charge >= 0.3 is 0 Å². The number of benzene rings is 1. The molecule has 2 fully saturated rings. The minimum atomic E-state index is -0.663. The van der Waals surface area contributed by atoms with Gasteiger partial charge in [-0.25, -0.2) is 0 Å². The van der Waals surface area contributed by atoms with E-state index in [-0.39, 0.29) is 25.0 Å². The van der Waals surface area contributed by atoms with Gasteiger partial charge in [-0.1, -0.05) is 18.2 Å². The maximum absolute atomic E-state index is 13.1. The molecular formula is C19H22N2O3. The topological polar surface area (TPSA) is 73.7 Å². The molecule has 2 N–H and O–H groups in total. The summed E-state index contributed by atoms with van der Waals surface area (Å²) in [4.78, 5) is 19.5. The van der Waals surface area contributed by atoms with Crippen LogP contribution in [0.25, 0.3) is 10.9 Å². The van der Waals surface area contributed by atoms with Crippen molar-refractivity contribution >= 4 is 16.8 Å². The van der Waals surface area contributed by atoms with E-state index in [9.17, 15) is 15.0 Å². The number of para-hydroxylation sites is 1. The number of carbonyl (C=O) groups is 1. The van der Waals surface area contributed by atoms with Crippen molar-refractivity contribution in [3.63, 3.8) is 0 Å². The third-order valence-corrected chi connectivity index (χ3v) is 5.21. The molecule has 1 amide bonds. The summed E-state index contributed by atoms with van der Waals surface area (Å²) < 4.78 is 0. The van der Waals surface area contributed by atoms with Gasteiger partial charge in [0.1, 0.15) is 0 Å². The van der Waals surface area contributed by atoms with Crippen LogP contribution in [0.1, 0.15) is 41.2 Å². The minimum Gasteiger partial charge on any atom is -0.396 e. The van der Waals surface area contributed by atoms with Crippen molar-refractivity contribution in [2.75, 3.05) is 19.7 Å². The van der Waals surface area contributed by atoms with E-state index in [0.29, 0.717) is 24.4 Å². The van der Waals surface area contributed by atoms with E-state index in [2.05, 4.69) is 0 Å². The third kappa shape index (κ3) is 2.78. The number of aliphatic hydroxyl groups excluding tert-OH is 2. The fourth-order valence-electron chi connectivity index (χ4n) is 3.51. The second kappa shape index (κ2) is 6.15. The molecule has 5 heteroatoms. The van der Waals surface area contributed by atoms with Gasteiger partial charge in [0.25, 0.3) is 5.91 Å². The first kappa shape index (κ1) is 15.5. The van der Waals surface area contributed by atoms with Gasteiger partial charge in [0, 0.05) is 42.6 Å². The van der Waals surface area contributed by atoms with Crippen LogP contribution in [-0.4, -0.2) is 51.8 Å². The minimum absolute atomic E-state index is 0.0345. The molecular weight excluding hydrogens is 304 g/mol. The van der Waals surface area contributed by atoms with Gasteiger partial charge < -0.3 is 15.1 Å². The summed E-state index contributed by atoms with van der Waals surface area (Å²) in [7, 11) is 0. The molecule has 1 aliphatic carbocycles. The van der Waals surface area contributed by atoms with Gasteiger partial charge in [-0.3, -0.25) is 9.78 Å². The van der Waals surface area contributed by atoms with E-state index >= 15 is 0 Å². The predicted octanol–water partition coefficient (Wildman–Crippen LogP) is 1.93. The summed E-state index contributed by atoms with van der Waals surface area (Å²) in [6.45, 7) is 0.809. The number of hydrogen-bond donors (Lipinski definition) is 2. The summed E-state index contributed by atoms with van der Waals surface area (Å²) in [5, 5.41) is 20.3. The van der Waals surface area contributed by atoms with E-state index in [4.69, 9.17) is 4.98 Å². The number of pyridine rings is 1. The molecule has 1 aromatic carbocycles. The summed E-state index contributed by atoms with van der Waals surface area (Å²) in [5.74, 6) is 0.295. The fraction of sp³-hybridized carbons (Fsp3) is 0.474. The Morgan fingerprint density at radius 2 is 2.04 bits per heavy atom. The molecule has 0 spiro atoms. The van der Waals surface area contributed by atoms with Gasteiger partial charge in [0.2, 0.25) is 0 Å². The second-order valence-corrected chi connectivity index (χ2v) is 6.94. The van der Waals surface area contributed by atoms with E-state index in [1.54, 1.807) is 4.90 Å². The smallest absolute Gasteiger partial charge is 0.254 e. The zero-order chi connectivity index (χ0) is 16.7. The number of piperidine rings is 1. The highest BCUT2D eigenvalue weighted by atomic mass is 16.3. The maximum Gasteiger partial charge on any atom is 0.254 e. The van der Waals surface area contributed by atoms with Crippen molar-refractivity contribution in [3.05, 3.63) is 41.6 Å². The van der Waals surface area contributed by atoms with Crippen LogP contribution in [0.5, 0.6) is 0 Å². The highest BCUT2D eigenvalue weighted by Crippen LogP contribution is 2.40. The molecule has 2 aromatic rings. The molecule has 1 saturated carbocycles. The highest BCUT2D eigenvalue weighted by Gasteiger charge is 2.32. The first-order chi connectivity index (χ1) is 11.7. The van der Waals surface area contributed by atoms with Crippen molar-refractivity contribution < 1.29 is 15.0 Å². The summed E-state index contributed by atoms with van der Waals surface area (Å²) in [5.41, 5.74) is 2.54. The van der Waals surface area contributed by atoms with E-state index < -0.39 is 6.10 Å². The molecule has 126 valence electrons. The van der Waals surface area contributed by atoms with Crippen molar-refractivity contribution in [1.29, 1.82) is 0 Å². The van der Waals surface area contributed by atoms with Crippen molar-refractivity contribution in [2.45, 2.75) is 31.3 Å². The molecule has 2 atom stereocenters. The number of aromatic nitrogens is 1. The molecule has 0 bridgehead atoms. The molecule has 24 heavy (non-hydrogen) atoms. The maximum atomic E-state index is 13.1. The number of likely N-dealkylation sites (tertiary alicyclic amines) is 1. The van der Waals surface area contributed by atoms with E-state index in [1.165, 1.54) is 0 Å². The number of amides is 1. The SMILES string of the molecule is O=C(c1cc(C2CC2)nc2ccccc12)N1CC[C@H](CO)[C@H](O)C1. The quantitative estimate of drug-likeness (QED) is 0.904. The van der Waals surface area contributed by atoms with E-state index in [1.807, 2.05) is 30.3 Å². The van der Waals surface area contributed by atoms with Crippen LogP contribution in [0.2, 0.25) is 0 Å². The summed E-state index contributed by atoms with van der Waals surface area (Å²) in [6.07, 6.45) is 2.24. The van der Waals surface area contributed by atoms with Gasteiger partial charge in [0.15, 0.2) is 0 Å². The molecule has 4 rings (SSSR count). The Bertz CT molecular complexity index is 772. The lowest BCUT2D eigenvalue weighted by atomic mass is 9.94. The molecule has 2 aliphatic rings. The Balaban J connectivity index is 1.69. The van der Waals surface area contributed by atoms with Crippen LogP contribution < -0.4 is 0 Å². The lowest BCUT2D eigenvalue weighted by Crippen LogP contribution is -2.47. The molecule has 5 nitrogen and oxygen atoms in total.